The summed E-state index contributed by atoms with van der Waals surface area (Å²) in [6, 6.07) is 25.1. The Kier molecular flexibility index (Phi) is 4.54. The summed E-state index contributed by atoms with van der Waals surface area (Å²) in [5, 5.41) is 4.61. The summed E-state index contributed by atoms with van der Waals surface area (Å²) in [7, 11) is 0. The van der Waals surface area contributed by atoms with Gasteiger partial charge in [0.25, 0.3) is 0 Å². The van der Waals surface area contributed by atoms with Crippen LogP contribution in [0.4, 0.5) is 0 Å². The van der Waals surface area contributed by atoms with Gasteiger partial charge < -0.3 is 18.9 Å². The highest BCUT2D eigenvalue weighted by molar-refractivity contribution is 5.92. The van der Waals surface area contributed by atoms with Crippen molar-refractivity contribution in [1.29, 1.82) is 0 Å². The van der Waals surface area contributed by atoms with Gasteiger partial charge in [0.1, 0.15) is 18.1 Å². The normalized spacial score (nSPS) is 15.2. The molecule has 0 spiro atoms. The highest BCUT2D eigenvalue weighted by Crippen LogP contribution is 2.31. The van der Waals surface area contributed by atoms with Crippen molar-refractivity contribution in [3.63, 3.8) is 0 Å². The molecule has 1 fully saturated rings. The second-order valence-corrected chi connectivity index (χ2v) is 6.92. The second-order valence-electron chi connectivity index (χ2n) is 6.92. The maximum atomic E-state index is 5.69. The van der Waals surface area contributed by atoms with E-state index >= 15 is 0 Å². The van der Waals surface area contributed by atoms with Gasteiger partial charge in [0.05, 0.1) is 6.26 Å². The molecule has 0 aromatic heterocycles. The molecule has 1 atom stereocenters. The Morgan fingerprint density at radius 1 is 0.793 bits per heavy atom. The maximum Gasteiger partial charge on any atom is 0.229 e. The highest BCUT2D eigenvalue weighted by Gasteiger charge is 2.24. The van der Waals surface area contributed by atoms with E-state index in [0.717, 1.165) is 27.7 Å². The number of rotatable bonds is 7. The smallest absolute Gasteiger partial charge is 0.229 e. The van der Waals surface area contributed by atoms with E-state index in [9.17, 15) is 0 Å². The van der Waals surface area contributed by atoms with Crippen LogP contribution in [0.1, 0.15) is 0 Å². The fraction of sp³-hybridized carbons (Fsp3) is 0.120. The van der Waals surface area contributed by atoms with Crippen molar-refractivity contribution in [2.24, 2.45) is 0 Å². The standard InChI is InChI=1S/C25H20O4/c1-2-26-16-28-23-9-7-19-11-17(3-5-21(19)13-23)18-4-6-22-14-24(29-25-15-27-25)10-8-20(22)12-18/h2-14,25H,1,15-16H2. The van der Waals surface area contributed by atoms with Gasteiger partial charge in [-0.05, 0) is 69.1 Å². The van der Waals surface area contributed by atoms with Gasteiger partial charge in [-0.25, -0.2) is 0 Å². The van der Waals surface area contributed by atoms with Crippen LogP contribution in [-0.4, -0.2) is 19.7 Å². The molecule has 0 saturated carbocycles. The van der Waals surface area contributed by atoms with E-state index in [1.165, 1.54) is 22.8 Å². The molecule has 1 heterocycles. The summed E-state index contributed by atoms with van der Waals surface area (Å²) in [4.78, 5) is 0. The molecule has 144 valence electrons. The third-order valence-electron chi connectivity index (χ3n) is 4.94. The third kappa shape index (κ3) is 3.89. The molecule has 1 unspecified atom stereocenters. The molecule has 1 aliphatic heterocycles. The molecule has 4 aromatic carbocycles. The quantitative estimate of drug-likeness (QED) is 0.172. The van der Waals surface area contributed by atoms with Gasteiger partial charge in [-0.3, -0.25) is 0 Å². The minimum absolute atomic E-state index is 0.0789. The fourth-order valence-electron chi connectivity index (χ4n) is 3.38. The summed E-state index contributed by atoms with van der Waals surface area (Å²) < 4.78 is 21.4. The van der Waals surface area contributed by atoms with Crippen LogP contribution in [0, 0.1) is 0 Å². The van der Waals surface area contributed by atoms with Crippen LogP contribution in [-0.2, 0) is 9.47 Å². The first-order chi connectivity index (χ1) is 14.3. The molecule has 4 nitrogen and oxygen atoms in total. The lowest BCUT2D eigenvalue weighted by molar-refractivity contribution is 0.0808. The molecule has 1 aliphatic rings. The van der Waals surface area contributed by atoms with E-state index in [0.29, 0.717) is 6.61 Å². The van der Waals surface area contributed by atoms with Crippen LogP contribution >= 0.6 is 0 Å². The summed E-state index contributed by atoms with van der Waals surface area (Å²) in [6.07, 6.45) is 1.29. The van der Waals surface area contributed by atoms with Crippen molar-refractivity contribution in [1.82, 2.24) is 0 Å². The van der Waals surface area contributed by atoms with Crippen molar-refractivity contribution < 1.29 is 18.9 Å². The zero-order valence-corrected chi connectivity index (χ0v) is 15.8. The van der Waals surface area contributed by atoms with Crippen LogP contribution in [0.5, 0.6) is 11.5 Å². The van der Waals surface area contributed by atoms with Crippen LogP contribution in [0.3, 0.4) is 0 Å². The summed E-state index contributed by atoms with van der Waals surface area (Å²) >= 11 is 0. The molecule has 1 saturated heterocycles. The maximum absolute atomic E-state index is 5.69. The molecule has 4 heteroatoms. The van der Waals surface area contributed by atoms with Gasteiger partial charge >= 0.3 is 0 Å². The molecular formula is C25H20O4. The molecule has 0 bridgehead atoms. The number of ether oxygens (including phenoxy) is 4. The Labute approximate surface area is 168 Å². The average Bonchev–Trinajstić information content (AvgIpc) is 3.57. The predicted molar refractivity (Wildman–Crippen MR) is 114 cm³/mol. The third-order valence-corrected chi connectivity index (χ3v) is 4.94. The zero-order valence-electron chi connectivity index (χ0n) is 15.8. The largest absolute Gasteiger partial charge is 0.466 e. The highest BCUT2D eigenvalue weighted by atomic mass is 16.8. The van der Waals surface area contributed by atoms with E-state index in [-0.39, 0.29) is 13.1 Å². The van der Waals surface area contributed by atoms with E-state index in [4.69, 9.17) is 18.9 Å². The van der Waals surface area contributed by atoms with Gasteiger partial charge in [-0.1, -0.05) is 43.0 Å². The average molecular weight is 384 g/mol. The van der Waals surface area contributed by atoms with Crippen molar-refractivity contribution >= 4 is 21.5 Å². The molecule has 0 aliphatic carbocycles. The first-order valence-corrected chi connectivity index (χ1v) is 9.50. The first kappa shape index (κ1) is 17.6. The van der Waals surface area contributed by atoms with Gasteiger partial charge in [0, 0.05) is 0 Å². The van der Waals surface area contributed by atoms with Gasteiger partial charge in [0.2, 0.25) is 13.1 Å². The molecule has 5 rings (SSSR count). The Hall–Kier alpha value is -3.50. The van der Waals surface area contributed by atoms with Crippen LogP contribution in [0.25, 0.3) is 32.7 Å². The lowest BCUT2D eigenvalue weighted by atomic mass is 9.98. The first-order valence-electron chi connectivity index (χ1n) is 9.50. The fourth-order valence-corrected chi connectivity index (χ4v) is 3.38. The molecular weight excluding hydrogens is 364 g/mol. The predicted octanol–water partition coefficient (Wildman–Crippen LogP) is 5.89. The van der Waals surface area contributed by atoms with Crippen LogP contribution in [0.15, 0.2) is 85.6 Å². The van der Waals surface area contributed by atoms with Crippen molar-refractivity contribution in [2.75, 3.05) is 13.4 Å². The Balaban J connectivity index is 1.42. The minimum Gasteiger partial charge on any atom is -0.466 e. The lowest BCUT2D eigenvalue weighted by Gasteiger charge is -2.09. The number of hydrogen-bond acceptors (Lipinski definition) is 4. The molecule has 0 radical (unpaired) electrons. The summed E-state index contributed by atoms with van der Waals surface area (Å²) in [5.74, 6) is 1.61. The van der Waals surface area contributed by atoms with Crippen LogP contribution < -0.4 is 9.47 Å². The van der Waals surface area contributed by atoms with Crippen molar-refractivity contribution in [3.8, 4) is 22.6 Å². The van der Waals surface area contributed by atoms with E-state index in [1.54, 1.807) is 0 Å². The van der Waals surface area contributed by atoms with Gasteiger partial charge in [-0.15, -0.1) is 0 Å². The van der Waals surface area contributed by atoms with Crippen LogP contribution in [0.2, 0.25) is 0 Å². The zero-order chi connectivity index (χ0) is 19.6. The molecule has 29 heavy (non-hydrogen) atoms. The number of epoxide rings is 1. The Bertz CT molecular complexity index is 1190. The number of hydrogen-bond donors (Lipinski definition) is 0. The minimum atomic E-state index is -0.0789. The molecule has 4 aromatic rings. The lowest BCUT2D eigenvalue weighted by Crippen LogP contribution is -1.97. The Morgan fingerprint density at radius 3 is 1.97 bits per heavy atom. The van der Waals surface area contributed by atoms with Gasteiger partial charge in [0.15, 0.2) is 0 Å². The van der Waals surface area contributed by atoms with E-state index < -0.39 is 0 Å². The summed E-state index contributed by atoms with van der Waals surface area (Å²) in [5.41, 5.74) is 2.35. The molecule has 0 N–H and O–H groups in total. The second kappa shape index (κ2) is 7.49. The van der Waals surface area contributed by atoms with Crippen molar-refractivity contribution in [3.05, 3.63) is 85.6 Å². The van der Waals surface area contributed by atoms with E-state index in [2.05, 4.69) is 61.2 Å². The SMILES string of the molecule is C=COCOc1ccc2cc(-c3ccc4cc(OC5CO5)ccc4c3)ccc2c1. The number of fused-ring (bicyclic) bond motifs is 2. The van der Waals surface area contributed by atoms with Gasteiger partial charge in [-0.2, -0.15) is 0 Å². The molecule has 0 amide bonds. The number of benzene rings is 4. The Morgan fingerprint density at radius 2 is 1.34 bits per heavy atom. The van der Waals surface area contributed by atoms with E-state index in [1.807, 2.05) is 18.2 Å². The summed E-state index contributed by atoms with van der Waals surface area (Å²) in [6.45, 7) is 4.34. The van der Waals surface area contributed by atoms with Crippen molar-refractivity contribution in [2.45, 2.75) is 6.29 Å². The topological polar surface area (TPSA) is 40.2 Å². The monoisotopic (exact) mass is 384 g/mol.